The summed E-state index contributed by atoms with van der Waals surface area (Å²) in [6.45, 7) is 8.45. The predicted octanol–water partition coefficient (Wildman–Crippen LogP) is 4.15. The number of nitrogens with one attached hydrogen (secondary N) is 1. The van der Waals surface area contributed by atoms with Crippen molar-refractivity contribution in [2.45, 2.75) is 39.8 Å². The summed E-state index contributed by atoms with van der Waals surface area (Å²) < 4.78 is 0. The zero-order valence-corrected chi connectivity index (χ0v) is 14.2. The van der Waals surface area contributed by atoms with E-state index in [1.54, 1.807) is 11.3 Å². The van der Waals surface area contributed by atoms with Crippen molar-refractivity contribution in [1.82, 2.24) is 10.3 Å². The maximum atomic E-state index is 4.77. The van der Waals surface area contributed by atoms with Crippen LogP contribution in [0.5, 0.6) is 0 Å². The van der Waals surface area contributed by atoms with E-state index in [1.165, 1.54) is 11.1 Å². The molecule has 1 aromatic heterocycles. The molecule has 0 aliphatic rings. The van der Waals surface area contributed by atoms with Crippen molar-refractivity contribution >= 4 is 16.5 Å². The van der Waals surface area contributed by atoms with E-state index in [4.69, 9.17) is 4.98 Å². The number of aromatic nitrogens is 1. The van der Waals surface area contributed by atoms with Crippen LogP contribution < -0.4 is 10.2 Å². The zero-order valence-electron chi connectivity index (χ0n) is 13.4. The molecule has 0 bridgehead atoms. The van der Waals surface area contributed by atoms with Crippen molar-refractivity contribution in [3.05, 3.63) is 46.5 Å². The van der Waals surface area contributed by atoms with Crippen molar-refractivity contribution in [2.24, 2.45) is 0 Å². The first-order valence-corrected chi connectivity index (χ1v) is 8.44. The number of benzene rings is 1. The van der Waals surface area contributed by atoms with Gasteiger partial charge in [-0.25, -0.2) is 4.98 Å². The predicted molar refractivity (Wildman–Crippen MR) is 92.1 cm³/mol. The van der Waals surface area contributed by atoms with Crippen LogP contribution in [0.4, 0.5) is 5.13 Å². The van der Waals surface area contributed by atoms with Crippen molar-refractivity contribution < 1.29 is 0 Å². The van der Waals surface area contributed by atoms with Crippen LogP contribution in [0.3, 0.4) is 0 Å². The summed E-state index contributed by atoms with van der Waals surface area (Å²) >= 11 is 1.72. The average Bonchev–Trinajstić information content (AvgIpc) is 2.97. The molecule has 2 aromatic rings. The fourth-order valence-electron chi connectivity index (χ4n) is 2.23. The first-order valence-electron chi connectivity index (χ1n) is 7.56. The summed E-state index contributed by atoms with van der Waals surface area (Å²) in [7, 11) is 2.11. The molecular formula is C17H25N3S. The molecule has 0 saturated heterocycles. The van der Waals surface area contributed by atoms with E-state index in [9.17, 15) is 0 Å². The largest absolute Gasteiger partial charge is 0.347 e. The third-order valence-electron chi connectivity index (χ3n) is 3.65. The highest BCUT2D eigenvalue weighted by atomic mass is 32.1. The average molecular weight is 303 g/mol. The second-order valence-electron chi connectivity index (χ2n) is 5.51. The SMILES string of the molecule is CCCNC(C)c1csc(N(C)Cc2ccccc2C)n1. The fourth-order valence-corrected chi connectivity index (χ4v) is 3.11. The molecule has 1 unspecified atom stereocenters. The summed E-state index contributed by atoms with van der Waals surface area (Å²) in [5.74, 6) is 0. The highest BCUT2D eigenvalue weighted by Crippen LogP contribution is 2.25. The normalized spacial score (nSPS) is 12.4. The quantitative estimate of drug-likeness (QED) is 0.833. The van der Waals surface area contributed by atoms with Gasteiger partial charge in [-0.2, -0.15) is 0 Å². The van der Waals surface area contributed by atoms with Gasteiger partial charge in [-0.3, -0.25) is 0 Å². The standard InChI is InChI=1S/C17H25N3S/c1-5-10-18-14(3)16-12-21-17(19-16)20(4)11-15-9-7-6-8-13(15)2/h6-9,12,14,18H,5,10-11H2,1-4H3. The number of aryl methyl sites for hydroxylation is 1. The highest BCUT2D eigenvalue weighted by Gasteiger charge is 2.12. The fraction of sp³-hybridized carbons (Fsp3) is 0.471. The second kappa shape index (κ2) is 7.57. The molecule has 0 saturated carbocycles. The van der Waals surface area contributed by atoms with Crippen LogP contribution in [0.1, 0.15) is 43.1 Å². The molecule has 0 radical (unpaired) electrons. The van der Waals surface area contributed by atoms with Crippen molar-refractivity contribution in [3.8, 4) is 0 Å². The second-order valence-corrected chi connectivity index (χ2v) is 6.35. The van der Waals surface area contributed by atoms with Crippen molar-refractivity contribution in [3.63, 3.8) is 0 Å². The lowest BCUT2D eigenvalue weighted by Crippen LogP contribution is -2.20. The van der Waals surface area contributed by atoms with Crippen LogP contribution in [-0.2, 0) is 6.54 Å². The smallest absolute Gasteiger partial charge is 0.185 e. The molecule has 0 fully saturated rings. The first-order chi connectivity index (χ1) is 10.1. The lowest BCUT2D eigenvalue weighted by atomic mass is 10.1. The Bertz CT molecular complexity index is 565. The summed E-state index contributed by atoms with van der Waals surface area (Å²) in [6.07, 6.45) is 1.15. The maximum absolute atomic E-state index is 4.77. The molecule has 1 atom stereocenters. The van der Waals surface area contributed by atoms with Crippen LogP contribution in [0.15, 0.2) is 29.6 Å². The molecule has 114 valence electrons. The minimum absolute atomic E-state index is 0.321. The molecule has 0 spiro atoms. The molecule has 3 nitrogen and oxygen atoms in total. The Morgan fingerprint density at radius 1 is 1.33 bits per heavy atom. The Balaban J connectivity index is 2.02. The van der Waals surface area contributed by atoms with Gasteiger partial charge in [0.05, 0.1) is 5.69 Å². The molecular weight excluding hydrogens is 278 g/mol. The zero-order chi connectivity index (χ0) is 15.2. The van der Waals surface area contributed by atoms with Crippen molar-refractivity contribution in [2.75, 3.05) is 18.5 Å². The topological polar surface area (TPSA) is 28.2 Å². The minimum Gasteiger partial charge on any atom is -0.347 e. The molecule has 0 aliphatic heterocycles. The molecule has 21 heavy (non-hydrogen) atoms. The van der Waals surface area contributed by atoms with Gasteiger partial charge < -0.3 is 10.2 Å². The van der Waals surface area contributed by atoms with Crippen LogP contribution in [0.2, 0.25) is 0 Å². The molecule has 2 rings (SSSR count). The van der Waals surface area contributed by atoms with E-state index >= 15 is 0 Å². The Labute approximate surface area is 132 Å². The van der Waals surface area contributed by atoms with Gasteiger partial charge in [0.2, 0.25) is 0 Å². The Kier molecular flexibility index (Phi) is 5.76. The number of rotatable bonds is 7. The minimum atomic E-state index is 0.321. The number of nitrogens with zero attached hydrogens (tertiary/aromatic N) is 2. The summed E-state index contributed by atoms with van der Waals surface area (Å²) in [5.41, 5.74) is 3.83. The van der Waals surface area contributed by atoms with Crippen LogP contribution >= 0.6 is 11.3 Å². The van der Waals surface area contributed by atoms with E-state index in [1.807, 2.05) is 0 Å². The van der Waals surface area contributed by atoms with Crippen LogP contribution in [-0.4, -0.2) is 18.6 Å². The van der Waals surface area contributed by atoms with E-state index in [-0.39, 0.29) is 0 Å². The molecule has 1 heterocycles. The highest BCUT2D eigenvalue weighted by molar-refractivity contribution is 7.13. The van der Waals surface area contributed by atoms with Crippen LogP contribution in [0.25, 0.3) is 0 Å². The van der Waals surface area contributed by atoms with Gasteiger partial charge in [0, 0.05) is 25.0 Å². The first kappa shape index (κ1) is 16.0. The number of anilines is 1. The van der Waals surface area contributed by atoms with Gasteiger partial charge in [0.1, 0.15) is 0 Å². The molecule has 0 amide bonds. The molecule has 0 aliphatic carbocycles. The van der Waals surface area contributed by atoms with Crippen molar-refractivity contribution in [1.29, 1.82) is 0 Å². The van der Waals surface area contributed by atoms with Gasteiger partial charge >= 0.3 is 0 Å². The van der Waals surface area contributed by atoms with Crippen LogP contribution in [0, 0.1) is 6.92 Å². The Hall–Kier alpha value is -1.39. The van der Waals surface area contributed by atoms with E-state index in [0.717, 1.165) is 30.3 Å². The monoisotopic (exact) mass is 303 g/mol. The van der Waals surface area contributed by atoms with E-state index in [2.05, 4.69) is 67.7 Å². The van der Waals surface area contributed by atoms with Gasteiger partial charge in [-0.1, -0.05) is 31.2 Å². The van der Waals surface area contributed by atoms with Gasteiger partial charge in [0.25, 0.3) is 0 Å². The van der Waals surface area contributed by atoms with Gasteiger partial charge in [0.15, 0.2) is 5.13 Å². The summed E-state index contributed by atoms with van der Waals surface area (Å²) in [4.78, 5) is 7.00. The molecule has 1 N–H and O–H groups in total. The summed E-state index contributed by atoms with van der Waals surface area (Å²) in [6, 6.07) is 8.85. The summed E-state index contributed by atoms with van der Waals surface area (Å²) in [5, 5.41) is 6.73. The van der Waals surface area contributed by atoms with Gasteiger partial charge in [-0.05, 0) is 37.9 Å². The molecule has 4 heteroatoms. The lowest BCUT2D eigenvalue weighted by molar-refractivity contribution is 0.561. The number of hydrogen-bond donors (Lipinski definition) is 1. The third-order valence-corrected chi connectivity index (χ3v) is 4.62. The number of hydrogen-bond acceptors (Lipinski definition) is 4. The Morgan fingerprint density at radius 2 is 2.10 bits per heavy atom. The van der Waals surface area contributed by atoms with Gasteiger partial charge in [-0.15, -0.1) is 11.3 Å². The Morgan fingerprint density at radius 3 is 2.81 bits per heavy atom. The van der Waals surface area contributed by atoms with E-state index < -0.39 is 0 Å². The number of thiazole rings is 1. The lowest BCUT2D eigenvalue weighted by Gasteiger charge is -2.17. The van der Waals surface area contributed by atoms with E-state index in [0.29, 0.717) is 6.04 Å². The maximum Gasteiger partial charge on any atom is 0.185 e. The third kappa shape index (κ3) is 4.29. The molecule has 1 aromatic carbocycles.